The number of amides is 1. The Morgan fingerprint density at radius 3 is 3.04 bits per heavy atom. The monoisotopic (exact) mass is 430 g/mol. The standard InChI is InChI=1S/C16H19ClN4O4S2/c1-11-12(17)4-2-5-13(11)27(23,24)20-16-18-14(19-26-16)6-8-21-7-3-9-25-10-15(21)22/h2,4-5H,3,6-10H2,1H3,(H,18,19,20). The normalized spacial score (nSPS) is 15.6. The van der Waals surface area contributed by atoms with Gasteiger partial charge in [-0.25, -0.2) is 13.4 Å². The third kappa shape index (κ3) is 4.95. The van der Waals surface area contributed by atoms with Crippen LogP contribution in [0.1, 0.15) is 17.8 Å². The van der Waals surface area contributed by atoms with E-state index in [4.69, 9.17) is 16.3 Å². The van der Waals surface area contributed by atoms with Gasteiger partial charge in [0.15, 0.2) is 0 Å². The van der Waals surface area contributed by atoms with Crippen LogP contribution in [0.15, 0.2) is 23.1 Å². The summed E-state index contributed by atoms with van der Waals surface area (Å²) < 4.78 is 37.0. The first-order valence-electron chi connectivity index (χ1n) is 8.33. The first kappa shape index (κ1) is 20.0. The minimum absolute atomic E-state index is 0.0555. The summed E-state index contributed by atoms with van der Waals surface area (Å²) in [7, 11) is -3.81. The molecule has 1 aromatic carbocycles. The second kappa shape index (κ2) is 8.51. The molecule has 0 atom stereocenters. The third-order valence-corrected chi connectivity index (χ3v) is 6.79. The van der Waals surface area contributed by atoms with E-state index in [1.54, 1.807) is 24.0 Å². The quantitative estimate of drug-likeness (QED) is 0.752. The van der Waals surface area contributed by atoms with Gasteiger partial charge in [-0.1, -0.05) is 17.7 Å². The fourth-order valence-corrected chi connectivity index (χ4v) is 4.99. The van der Waals surface area contributed by atoms with Crippen LogP contribution in [0.5, 0.6) is 0 Å². The second-order valence-electron chi connectivity index (χ2n) is 6.02. The van der Waals surface area contributed by atoms with Crippen LogP contribution in [-0.2, 0) is 26.0 Å². The summed E-state index contributed by atoms with van der Waals surface area (Å²) in [6.45, 7) is 3.42. The van der Waals surface area contributed by atoms with Gasteiger partial charge < -0.3 is 9.64 Å². The summed E-state index contributed by atoms with van der Waals surface area (Å²) in [6.07, 6.45) is 1.24. The molecule has 0 unspecified atom stereocenters. The van der Waals surface area contributed by atoms with Crippen molar-refractivity contribution >= 4 is 44.2 Å². The molecule has 1 aromatic heterocycles. The number of aromatic nitrogens is 2. The Kier molecular flexibility index (Phi) is 6.30. The molecule has 2 aromatic rings. The van der Waals surface area contributed by atoms with Gasteiger partial charge in [-0.15, -0.1) is 0 Å². The zero-order chi connectivity index (χ0) is 19.4. The molecular formula is C16H19ClN4O4S2. The molecule has 0 spiro atoms. The van der Waals surface area contributed by atoms with Gasteiger partial charge in [0.1, 0.15) is 12.4 Å². The van der Waals surface area contributed by atoms with Crippen LogP contribution in [-0.4, -0.2) is 54.9 Å². The Hall–Kier alpha value is -1.75. The summed E-state index contributed by atoms with van der Waals surface area (Å²) in [5.41, 5.74) is 0.471. The number of halogens is 1. The average Bonchev–Trinajstić information content (AvgIpc) is 2.95. The topological polar surface area (TPSA) is 101 Å². The number of hydrogen-bond acceptors (Lipinski definition) is 7. The van der Waals surface area contributed by atoms with Crippen LogP contribution in [0.25, 0.3) is 0 Å². The van der Waals surface area contributed by atoms with Crippen LogP contribution in [0.3, 0.4) is 0 Å². The zero-order valence-corrected chi connectivity index (χ0v) is 17.0. The second-order valence-corrected chi connectivity index (χ2v) is 8.83. The number of nitrogens with one attached hydrogen (secondary N) is 1. The SMILES string of the molecule is Cc1c(Cl)cccc1S(=O)(=O)Nc1nc(CCN2CCCOCC2=O)ns1. The Balaban J connectivity index is 1.65. The minimum Gasteiger partial charge on any atom is -0.372 e. The lowest BCUT2D eigenvalue weighted by molar-refractivity contribution is -0.133. The van der Waals surface area contributed by atoms with Crippen molar-refractivity contribution in [2.24, 2.45) is 0 Å². The molecule has 1 fully saturated rings. The molecule has 3 rings (SSSR count). The maximum absolute atomic E-state index is 12.6. The van der Waals surface area contributed by atoms with Crippen LogP contribution in [0, 0.1) is 6.92 Å². The van der Waals surface area contributed by atoms with Gasteiger partial charge in [0.05, 0.1) is 4.90 Å². The Morgan fingerprint density at radius 1 is 1.41 bits per heavy atom. The van der Waals surface area contributed by atoms with Crippen LogP contribution in [0.4, 0.5) is 5.13 Å². The third-order valence-electron chi connectivity index (χ3n) is 4.10. The van der Waals surface area contributed by atoms with Gasteiger partial charge in [0.25, 0.3) is 10.0 Å². The van der Waals surface area contributed by atoms with Crippen LogP contribution < -0.4 is 4.72 Å². The molecule has 2 heterocycles. The molecule has 1 aliphatic heterocycles. The molecule has 0 radical (unpaired) electrons. The molecule has 27 heavy (non-hydrogen) atoms. The average molecular weight is 431 g/mol. The van der Waals surface area contributed by atoms with E-state index in [-0.39, 0.29) is 22.5 Å². The highest BCUT2D eigenvalue weighted by molar-refractivity contribution is 7.93. The molecule has 0 saturated carbocycles. The van der Waals surface area contributed by atoms with E-state index in [2.05, 4.69) is 14.1 Å². The van der Waals surface area contributed by atoms with Gasteiger partial charge in [0.2, 0.25) is 11.0 Å². The number of carbonyl (C=O) groups is 1. The summed E-state index contributed by atoms with van der Waals surface area (Å²) >= 11 is 6.97. The van der Waals surface area contributed by atoms with Crippen molar-refractivity contribution in [2.45, 2.75) is 24.7 Å². The predicted molar refractivity (Wildman–Crippen MR) is 103 cm³/mol. The lowest BCUT2D eigenvalue weighted by atomic mass is 10.2. The molecule has 1 amide bonds. The highest BCUT2D eigenvalue weighted by atomic mass is 35.5. The Labute approximate surface area is 166 Å². The maximum atomic E-state index is 12.6. The van der Waals surface area contributed by atoms with E-state index in [0.717, 1.165) is 18.0 Å². The molecule has 146 valence electrons. The number of rotatable bonds is 6. The van der Waals surface area contributed by atoms with Gasteiger partial charge in [0, 0.05) is 42.7 Å². The summed E-state index contributed by atoms with van der Waals surface area (Å²) in [5.74, 6) is 0.429. The molecule has 1 aliphatic rings. The molecule has 1 saturated heterocycles. The van der Waals surface area contributed by atoms with Crippen LogP contribution >= 0.6 is 23.1 Å². The number of nitrogens with zero attached hydrogens (tertiary/aromatic N) is 3. The summed E-state index contributed by atoms with van der Waals surface area (Å²) in [4.78, 5) is 17.9. The first-order chi connectivity index (χ1) is 12.9. The van der Waals surface area contributed by atoms with Crippen molar-refractivity contribution in [2.75, 3.05) is 31.0 Å². The first-order valence-corrected chi connectivity index (χ1v) is 11.0. The smallest absolute Gasteiger partial charge is 0.264 e. The maximum Gasteiger partial charge on any atom is 0.264 e. The van der Waals surface area contributed by atoms with Crippen molar-refractivity contribution in [3.05, 3.63) is 34.6 Å². The summed E-state index contributed by atoms with van der Waals surface area (Å²) in [6, 6.07) is 4.70. The molecule has 0 bridgehead atoms. The minimum atomic E-state index is -3.81. The van der Waals surface area contributed by atoms with Crippen molar-refractivity contribution in [1.82, 2.24) is 14.3 Å². The number of benzene rings is 1. The zero-order valence-electron chi connectivity index (χ0n) is 14.6. The highest BCUT2D eigenvalue weighted by Crippen LogP contribution is 2.25. The Bertz CT molecular complexity index is 932. The van der Waals surface area contributed by atoms with E-state index < -0.39 is 10.0 Å². The van der Waals surface area contributed by atoms with Crippen molar-refractivity contribution in [3.63, 3.8) is 0 Å². The Morgan fingerprint density at radius 2 is 2.22 bits per heavy atom. The molecular weight excluding hydrogens is 412 g/mol. The van der Waals surface area contributed by atoms with E-state index >= 15 is 0 Å². The van der Waals surface area contributed by atoms with Crippen molar-refractivity contribution < 1.29 is 17.9 Å². The van der Waals surface area contributed by atoms with Crippen molar-refractivity contribution in [1.29, 1.82) is 0 Å². The largest absolute Gasteiger partial charge is 0.372 e. The fraction of sp³-hybridized carbons (Fsp3) is 0.438. The van der Waals surface area contributed by atoms with Gasteiger partial charge in [-0.2, -0.15) is 4.37 Å². The van der Waals surface area contributed by atoms with Crippen molar-refractivity contribution in [3.8, 4) is 0 Å². The highest BCUT2D eigenvalue weighted by Gasteiger charge is 2.21. The lowest BCUT2D eigenvalue weighted by Gasteiger charge is -2.18. The number of hydrogen-bond donors (Lipinski definition) is 1. The number of carbonyl (C=O) groups excluding carboxylic acids is 1. The molecule has 1 N–H and O–H groups in total. The van der Waals surface area contributed by atoms with Gasteiger partial charge in [-0.3, -0.25) is 9.52 Å². The summed E-state index contributed by atoms with van der Waals surface area (Å²) in [5, 5.41) is 0.553. The number of anilines is 1. The van der Waals surface area contributed by atoms with Gasteiger partial charge in [-0.05, 0) is 31.0 Å². The van der Waals surface area contributed by atoms with Crippen LogP contribution in [0.2, 0.25) is 5.02 Å². The predicted octanol–water partition coefficient (Wildman–Crippen LogP) is 2.09. The lowest BCUT2D eigenvalue weighted by Crippen LogP contribution is -2.34. The number of ether oxygens (including phenoxy) is 1. The van der Waals surface area contributed by atoms with E-state index in [9.17, 15) is 13.2 Å². The van der Waals surface area contributed by atoms with E-state index in [1.807, 2.05) is 0 Å². The molecule has 8 nitrogen and oxygen atoms in total. The molecule has 11 heteroatoms. The fourth-order valence-electron chi connectivity index (χ4n) is 2.65. The van der Waals surface area contributed by atoms with Gasteiger partial charge >= 0.3 is 0 Å². The van der Waals surface area contributed by atoms with E-state index in [0.29, 0.717) is 42.5 Å². The molecule has 0 aliphatic carbocycles. The van der Waals surface area contributed by atoms with E-state index in [1.165, 1.54) is 6.07 Å². The number of sulfonamides is 1.